The number of nitrogens with zero attached hydrogens (tertiary/aromatic N) is 3. The first-order chi connectivity index (χ1) is 10.7. The molecule has 0 saturated carbocycles. The van der Waals surface area contributed by atoms with Gasteiger partial charge in [-0.2, -0.15) is 5.26 Å². The topological polar surface area (TPSA) is 71.9 Å². The summed E-state index contributed by atoms with van der Waals surface area (Å²) in [6.07, 6.45) is 0. The number of benzene rings is 2. The molecular formula is C16H10ClN3O2. The van der Waals surface area contributed by atoms with Gasteiger partial charge in [0, 0.05) is 10.6 Å². The Hall–Kier alpha value is -2.84. The van der Waals surface area contributed by atoms with E-state index in [-0.39, 0.29) is 6.61 Å². The minimum Gasteiger partial charge on any atom is -0.484 e. The van der Waals surface area contributed by atoms with Crippen LogP contribution >= 0.6 is 11.6 Å². The Morgan fingerprint density at radius 3 is 2.45 bits per heavy atom. The predicted molar refractivity (Wildman–Crippen MR) is 80.2 cm³/mol. The molecule has 0 amide bonds. The normalized spacial score (nSPS) is 10.2. The molecule has 0 N–H and O–H groups in total. The second-order valence-corrected chi connectivity index (χ2v) is 4.87. The zero-order valence-electron chi connectivity index (χ0n) is 11.4. The maximum atomic E-state index is 8.73. The monoisotopic (exact) mass is 311 g/mol. The van der Waals surface area contributed by atoms with Gasteiger partial charge in [0.1, 0.15) is 5.75 Å². The molecule has 6 heteroatoms. The second-order valence-electron chi connectivity index (χ2n) is 4.43. The summed E-state index contributed by atoms with van der Waals surface area (Å²) in [6.45, 7) is 0.159. The number of aromatic nitrogens is 2. The Bertz CT molecular complexity index is 805. The van der Waals surface area contributed by atoms with E-state index in [1.807, 2.05) is 6.07 Å². The van der Waals surface area contributed by atoms with Gasteiger partial charge in [0.05, 0.1) is 11.6 Å². The molecule has 3 aromatic rings. The minimum absolute atomic E-state index is 0.159. The summed E-state index contributed by atoms with van der Waals surface area (Å²) < 4.78 is 11.1. The number of rotatable bonds is 4. The standard InChI is InChI=1S/C16H10ClN3O2/c17-13-5-3-12(4-6-13)16-20-19-15(22-16)10-21-14-7-1-11(9-18)2-8-14/h1-8H,10H2. The van der Waals surface area contributed by atoms with Crippen molar-refractivity contribution in [3.05, 3.63) is 65.0 Å². The highest BCUT2D eigenvalue weighted by Gasteiger charge is 2.09. The third-order valence-corrected chi connectivity index (χ3v) is 3.16. The SMILES string of the molecule is N#Cc1ccc(OCc2nnc(-c3ccc(Cl)cc3)o2)cc1. The van der Waals surface area contributed by atoms with E-state index >= 15 is 0 Å². The molecular weight excluding hydrogens is 302 g/mol. The van der Waals surface area contributed by atoms with Crippen LogP contribution in [0, 0.1) is 11.3 Å². The molecule has 108 valence electrons. The van der Waals surface area contributed by atoms with Crippen LogP contribution < -0.4 is 4.74 Å². The van der Waals surface area contributed by atoms with Gasteiger partial charge in [0.25, 0.3) is 5.89 Å². The second kappa shape index (κ2) is 6.29. The van der Waals surface area contributed by atoms with Gasteiger partial charge in [-0.3, -0.25) is 0 Å². The summed E-state index contributed by atoms with van der Waals surface area (Å²) >= 11 is 5.84. The minimum atomic E-state index is 0.159. The van der Waals surface area contributed by atoms with Gasteiger partial charge in [-0.1, -0.05) is 11.6 Å². The van der Waals surface area contributed by atoms with Crippen LogP contribution in [0.4, 0.5) is 0 Å². The Balaban J connectivity index is 1.66. The summed E-state index contributed by atoms with van der Waals surface area (Å²) in [6, 6.07) is 16.0. The Morgan fingerprint density at radius 2 is 1.77 bits per heavy atom. The van der Waals surface area contributed by atoms with Crippen LogP contribution in [-0.2, 0) is 6.61 Å². The van der Waals surface area contributed by atoms with Crippen LogP contribution in [-0.4, -0.2) is 10.2 Å². The predicted octanol–water partition coefficient (Wildman–Crippen LogP) is 3.84. The maximum Gasteiger partial charge on any atom is 0.254 e. The summed E-state index contributed by atoms with van der Waals surface area (Å²) in [7, 11) is 0. The summed E-state index contributed by atoms with van der Waals surface area (Å²) in [5, 5.41) is 17.3. The van der Waals surface area contributed by atoms with Gasteiger partial charge >= 0.3 is 0 Å². The van der Waals surface area contributed by atoms with Crippen molar-refractivity contribution in [2.45, 2.75) is 6.61 Å². The largest absolute Gasteiger partial charge is 0.484 e. The Morgan fingerprint density at radius 1 is 1.05 bits per heavy atom. The van der Waals surface area contributed by atoms with Crippen LogP contribution in [0.5, 0.6) is 5.75 Å². The van der Waals surface area contributed by atoms with Gasteiger partial charge < -0.3 is 9.15 Å². The highest BCUT2D eigenvalue weighted by molar-refractivity contribution is 6.30. The molecule has 0 saturated heterocycles. The van der Waals surface area contributed by atoms with Crippen molar-refractivity contribution in [1.29, 1.82) is 5.26 Å². The van der Waals surface area contributed by atoms with Crippen LogP contribution in [0.2, 0.25) is 5.02 Å². The molecule has 1 aromatic heterocycles. The quantitative estimate of drug-likeness (QED) is 0.732. The fourth-order valence-electron chi connectivity index (χ4n) is 1.79. The zero-order valence-corrected chi connectivity index (χ0v) is 12.1. The zero-order chi connectivity index (χ0) is 15.4. The lowest BCUT2D eigenvalue weighted by atomic mass is 10.2. The van der Waals surface area contributed by atoms with E-state index < -0.39 is 0 Å². The highest BCUT2D eigenvalue weighted by Crippen LogP contribution is 2.21. The Kier molecular flexibility index (Phi) is 4.03. The average molecular weight is 312 g/mol. The fraction of sp³-hybridized carbons (Fsp3) is 0.0625. The maximum absolute atomic E-state index is 8.73. The molecule has 0 bridgehead atoms. The van der Waals surface area contributed by atoms with E-state index in [0.29, 0.717) is 28.1 Å². The van der Waals surface area contributed by atoms with E-state index in [2.05, 4.69) is 10.2 Å². The number of hydrogen-bond acceptors (Lipinski definition) is 5. The Labute approximate surface area is 131 Å². The summed E-state index contributed by atoms with van der Waals surface area (Å²) in [4.78, 5) is 0. The molecule has 22 heavy (non-hydrogen) atoms. The van der Waals surface area contributed by atoms with E-state index in [1.165, 1.54) is 0 Å². The molecule has 0 spiro atoms. The van der Waals surface area contributed by atoms with Crippen molar-refractivity contribution in [2.75, 3.05) is 0 Å². The molecule has 2 aromatic carbocycles. The number of hydrogen-bond donors (Lipinski definition) is 0. The van der Waals surface area contributed by atoms with Crippen molar-refractivity contribution in [1.82, 2.24) is 10.2 Å². The van der Waals surface area contributed by atoms with E-state index in [4.69, 9.17) is 26.0 Å². The van der Waals surface area contributed by atoms with Gasteiger partial charge in [-0.05, 0) is 48.5 Å². The van der Waals surface area contributed by atoms with Crippen LogP contribution in [0.25, 0.3) is 11.5 Å². The third-order valence-electron chi connectivity index (χ3n) is 2.90. The van der Waals surface area contributed by atoms with Gasteiger partial charge in [-0.15, -0.1) is 10.2 Å². The molecule has 0 radical (unpaired) electrons. The molecule has 0 fully saturated rings. The molecule has 0 aliphatic rings. The van der Waals surface area contributed by atoms with Crippen molar-refractivity contribution < 1.29 is 9.15 Å². The fourth-order valence-corrected chi connectivity index (χ4v) is 1.92. The van der Waals surface area contributed by atoms with Crippen molar-refractivity contribution in [3.63, 3.8) is 0 Å². The van der Waals surface area contributed by atoms with E-state index in [0.717, 1.165) is 5.56 Å². The average Bonchev–Trinajstić information content (AvgIpc) is 3.03. The van der Waals surface area contributed by atoms with Gasteiger partial charge in [0.2, 0.25) is 5.89 Å². The molecule has 0 aliphatic heterocycles. The molecule has 5 nitrogen and oxygen atoms in total. The first-order valence-corrected chi connectivity index (χ1v) is 6.84. The molecule has 1 heterocycles. The smallest absolute Gasteiger partial charge is 0.254 e. The summed E-state index contributed by atoms with van der Waals surface area (Å²) in [5.74, 6) is 1.41. The lowest BCUT2D eigenvalue weighted by Gasteiger charge is -2.02. The first kappa shape index (κ1) is 14.1. The molecule has 0 aliphatic carbocycles. The first-order valence-electron chi connectivity index (χ1n) is 6.46. The van der Waals surface area contributed by atoms with Crippen molar-refractivity contribution in [2.24, 2.45) is 0 Å². The summed E-state index contributed by atoms with van der Waals surface area (Å²) in [5.41, 5.74) is 1.37. The number of ether oxygens (including phenoxy) is 1. The molecule has 0 unspecified atom stereocenters. The van der Waals surface area contributed by atoms with E-state index in [9.17, 15) is 0 Å². The van der Waals surface area contributed by atoms with Crippen molar-refractivity contribution >= 4 is 11.6 Å². The van der Waals surface area contributed by atoms with Crippen molar-refractivity contribution in [3.8, 4) is 23.3 Å². The van der Waals surface area contributed by atoms with Crippen LogP contribution in [0.15, 0.2) is 52.9 Å². The lowest BCUT2D eigenvalue weighted by Crippen LogP contribution is -1.95. The lowest BCUT2D eigenvalue weighted by molar-refractivity contribution is 0.264. The van der Waals surface area contributed by atoms with Crippen LogP contribution in [0.1, 0.15) is 11.5 Å². The van der Waals surface area contributed by atoms with E-state index in [1.54, 1.807) is 48.5 Å². The number of halogens is 1. The van der Waals surface area contributed by atoms with Gasteiger partial charge in [-0.25, -0.2) is 0 Å². The number of nitriles is 1. The van der Waals surface area contributed by atoms with Crippen LogP contribution in [0.3, 0.4) is 0 Å². The molecule has 0 atom stereocenters. The highest BCUT2D eigenvalue weighted by atomic mass is 35.5. The van der Waals surface area contributed by atoms with Gasteiger partial charge in [0.15, 0.2) is 6.61 Å². The molecule has 3 rings (SSSR count). The third kappa shape index (κ3) is 3.25.